The molecule has 3 nitrogen and oxygen atoms in total. The third kappa shape index (κ3) is 1.73. The summed E-state index contributed by atoms with van der Waals surface area (Å²) in [5.41, 5.74) is 3.15. The lowest BCUT2D eigenvalue weighted by Gasteiger charge is -2.45. The molecule has 0 unspecified atom stereocenters. The van der Waals surface area contributed by atoms with Crippen molar-refractivity contribution in [3.8, 4) is 0 Å². The number of esters is 1. The summed E-state index contributed by atoms with van der Waals surface area (Å²) in [6.07, 6.45) is 1.70. The molecule has 21 heavy (non-hydrogen) atoms. The molecule has 110 valence electrons. The van der Waals surface area contributed by atoms with Gasteiger partial charge in [-0.05, 0) is 48.7 Å². The summed E-state index contributed by atoms with van der Waals surface area (Å²) in [7, 11) is 0. The van der Waals surface area contributed by atoms with Crippen LogP contribution in [0.15, 0.2) is 35.9 Å². The average molecular weight is 284 g/mol. The second kappa shape index (κ2) is 4.70. The number of carbonyl (C=O) groups excluding carboxylic acids is 1. The molecule has 0 aromatic heterocycles. The lowest BCUT2D eigenvalue weighted by molar-refractivity contribution is -0.140. The molecular formula is C18H20O3. The molecule has 3 aliphatic rings. The standard InChI is InChI=1S/C18H20O3/c1-2-21-18(20)17-14(10-6-4-3-5-7-10)15-11-8-12(16(15)17)13(19)9-11/h3-7,11-13,15-16,19H,2,8-9H2,1H3/t11-,12+,13+,15+,16+/m1/s1. The molecule has 2 bridgehead atoms. The van der Waals surface area contributed by atoms with Crippen LogP contribution in [0.1, 0.15) is 25.3 Å². The molecule has 3 aliphatic carbocycles. The van der Waals surface area contributed by atoms with Gasteiger partial charge in [0.1, 0.15) is 0 Å². The lowest BCUT2D eigenvalue weighted by Crippen LogP contribution is -2.43. The van der Waals surface area contributed by atoms with Crippen LogP contribution >= 0.6 is 0 Å². The SMILES string of the molecule is CCOC(=O)C1=C(c2ccccc2)[C@@H]2[C@@H]3C[C@H]([C@H]12)[C@@H](O)C3. The zero-order valence-corrected chi connectivity index (χ0v) is 12.2. The van der Waals surface area contributed by atoms with Crippen LogP contribution in [0.25, 0.3) is 5.57 Å². The van der Waals surface area contributed by atoms with E-state index in [1.165, 1.54) is 5.57 Å². The average Bonchev–Trinajstić information content (AvgIpc) is 2.93. The third-order valence-corrected chi connectivity index (χ3v) is 5.51. The van der Waals surface area contributed by atoms with Gasteiger partial charge in [-0.3, -0.25) is 0 Å². The first kappa shape index (κ1) is 13.1. The Morgan fingerprint density at radius 3 is 2.71 bits per heavy atom. The van der Waals surface area contributed by atoms with Gasteiger partial charge < -0.3 is 9.84 Å². The Morgan fingerprint density at radius 2 is 2.00 bits per heavy atom. The van der Waals surface area contributed by atoms with Crippen LogP contribution < -0.4 is 0 Å². The van der Waals surface area contributed by atoms with Crippen molar-refractivity contribution in [2.45, 2.75) is 25.9 Å². The number of aliphatic hydroxyl groups is 1. The van der Waals surface area contributed by atoms with Crippen LogP contribution in [0.3, 0.4) is 0 Å². The summed E-state index contributed by atoms with van der Waals surface area (Å²) >= 11 is 0. The van der Waals surface area contributed by atoms with Gasteiger partial charge in [-0.1, -0.05) is 30.3 Å². The number of rotatable bonds is 3. The maximum atomic E-state index is 12.4. The molecule has 0 saturated heterocycles. The molecule has 0 radical (unpaired) electrons. The minimum absolute atomic E-state index is 0.183. The Balaban J connectivity index is 1.78. The van der Waals surface area contributed by atoms with E-state index in [0.717, 1.165) is 24.0 Å². The largest absolute Gasteiger partial charge is 0.463 e. The zero-order chi connectivity index (χ0) is 14.6. The molecule has 1 aromatic carbocycles. The number of ether oxygens (including phenoxy) is 1. The maximum absolute atomic E-state index is 12.4. The predicted octanol–water partition coefficient (Wildman–Crippen LogP) is 2.65. The van der Waals surface area contributed by atoms with Gasteiger partial charge in [0, 0.05) is 11.5 Å². The second-order valence-corrected chi connectivity index (χ2v) is 6.43. The number of allylic oxidation sites excluding steroid dienone is 1. The fraction of sp³-hybridized carbons (Fsp3) is 0.500. The molecule has 0 amide bonds. The van der Waals surface area contributed by atoms with E-state index in [2.05, 4.69) is 12.1 Å². The minimum Gasteiger partial charge on any atom is -0.463 e. The highest BCUT2D eigenvalue weighted by Gasteiger charge is 2.61. The molecule has 5 atom stereocenters. The summed E-state index contributed by atoms with van der Waals surface area (Å²) < 4.78 is 5.27. The van der Waals surface area contributed by atoms with E-state index in [9.17, 15) is 9.90 Å². The van der Waals surface area contributed by atoms with Crippen molar-refractivity contribution < 1.29 is 14.6 Å². The van der Waals surface area contributed by atoms with E-state index in [1.54, 1.807) is 0 Å². The summed E-state index contributed by atoms with van der Waals surface area (Å²) in [5, 5.41) is 10.2. The van der Waals surface area contributed by atoms with Crippen molar-refractivity contribution in [2.24, 2.45) is 23.7 Å². The van der Waals surface area contributed by atoms with Gasteiger partial charge in [0.2, 0.25) is 0 Å². The Kier molecular flexibility index (Phi) is 2.93. The second-order valence-electron chi connectivity index (χ2n) is 6.43. The molecule has 0 aliphatic heterocycles. The number of hydrogen-bond acceptors (Lipinski definition) is 3. The Labute approximate surface area is 124 Å². The highest BCUT2D eigenvalue weighted by Crippen LogP contribution is 2.66. The van der Waals surface area contributed by atoms with Gasteiger partial charge in [0.05, 0.1) is 12.7 Å². The first-order valence-corrected chi connectivity index (χ1v) is 7.87. The molecule has 2 fully saturated rings. The Bertz CT molecular complexity index is 604. The van der Waals surface area contributed by atoms with Crippen molar-refractivity contribution >= 4 is 11.5 Å². The predicted molar refractivity (Wildman–Crippen MR) is 79.2 cm³/mol. The third-order valence-electron chi connectivity index (χ3n) is 5.51. The quantitative estimate of drug-likeness (QED) is 0.868. The maximum Gasteiger partial charge on any atom is 0.334 e. The number of carbonyl (C=O) groups is 1. The fourth-order valence-corrected chi connectivity index (χ4v) is 4.82. The molecule has 4 rings (SSSR count). The molecule has 1 aromatic rings. The summed E-state index contributed by atoms with van der Waals surface area (Å²) in [5.74, 6) is 1.26. The highest BCUT2D eigenvalue weighted by molar-refractivity contribution is 6.03. The Morgan fingerprint density at radius 1 is 1.24 bits per heavy atom. The van der Waals surface area contributed by atoms with Crippen LogP contribution in [0.2, 0.25) is 0 Å². The summed E-state index contributed by atoms with van der Waals surface area (Å²) in [4.78, 5) is 12.4. The summed E-state index contributed by atoms with van der Waals surface area (Å²) in [6.45, 7) is 2.24. The minimum atomic E-state index is -0.238. The molecule has 0 heterocycles. The van der Waals surface area contributed by atoms with Crippen molar-refractivity contribution in [3.63, 3.8) is 0 Å². The lowest BCUT2D eigenvalue weighted by atomic mass is 9.59. The highest BCUT2D eigenvalue weighted by atomic mass is 16.5. The van der Waals surface area contributed by atoms with E-state index >= 15 is 0 Å². The summed E-state index contributed by atoms with van der Waals surface area (Å²) in [6, 6.07) is 10.2. The van der Waals surface area contributed by atoms with E-state index in [-0.39, 0.29) is 23.9 Å². The van der Waals surface area contributed by atoms with Crippen molar-refractivity contribution in [1.82, 2.24) is 0 Å². The van der Waals surface area contributed by atoms with Gasteiger partial charge in [0.15, 0.2) is 0 Å². The zero-order valence-electron chi connectivity index (χ0n) is 12.2. The van der Waals surface area contributed by atoms with Crippen LogP contribution in [0.5, 0.6) is 0 Å². The van der Waals surface area contributed by atoms with Crippen molar-refractivity contribution in [1.29, 1.82) is 0 Å². The smallest absolute Gasteiger partial charge is 0.334 e. The Hall–Kier alpha value is -1.61. The monoisotopic (exact) mass is 284 g/mol. The van der Waals surface area contributed by atoms with E-state index < -0.39 is 0 Å². The first-order valence-electron chi connectivity index (χ1n) is 7.87. The van der Waals surface area contributed by atoms with E-state index in [1.807, 2.05) is 25.1 Å². The van der Waals surface area contributed by atoms with Crippen molar-refractivity contribution in [2.75, 3.05) is 6.61 Å². The van der Waals surface area contributed by atoms with Gasteiger partial charge in [-0.25, -0.2) is 4.79 Å². The molecule has 3 heteroatoms. The number of benzene rings is 1. The number of hydrogen-bond donors (Lipinski definition) is 1. The fourth-order valence-electron chi connectivity index (χ4n) is 4.82. The topological polar surface area (TPSA) is 46.5 Å². The van der Waals surface area contributed by atoms with Crippen LogP contribution in [0.4, 0.5) is 0 Å². The molecular weight excluding hydrogens is 264 g/mol. The number of aliphatic hydroxyl groups excluding tert-OH is 1. The van der Waals surface area contributed by atoms with Gasteiger partial charge in [-0.2, -0.15) is 0 Å². The van der Waals surface area contributed by atoms with Crippen LogP contribution in [0, 0.1) is 23.7 Å². The first-order chi connectivity index (χ1) is 10.2. The normalized spacial score (nSPS) is 36.4. The van der Waals surface area contributed by atoms with E-state index in [4.69, 9.17) is 4.74 Å². The van der Waals surface area contributed by atoms with Crippen LogP contribution in [-0.2, 0) is 9.53 Å². The molecule has 2 saturated carbocycles. The van der Waals surface area contributed by atoms with Gasteiger partial charge in [0.25, 0.3) is 0 Å². The molecule has 1 N–H and O–H groups in total. The van der Waals surface area contributed by atoms with Gasteiger partial charge >= 0.3 is 5.97 Å². The van der Waals surface area contributed by atoms with Crippen molar-refractivity contribution in [3.05, 3.63) is 41.5 Å². The van der Waals surface area contributed by atoms with Crippen LogP contribution in [-0.4, -0.2) is 23.8 Å². The van der Waals surface area contributed by atoms with E-state index in [0.29, 0.717) is 18.4 Å². The number of fused-ring (bicyclic) bond motifs is 5. The molecule has 0 spiro atoms. The van der Waals surface area contributed by atoms with Gasteiger partial charge in [-0.15, -0.1) is 0 Å².